The summed E-state index contributed by atoms with van der Waals surface area (Å²) in [7, 11) is 0. The third-order valence-electron chi connectivity index (χ3n) is 7.86. The fourth-order valence-corrected chi connectivity index (χ4v) is 6.50. The van der Waals surface area contributed by atoms with E-state index in [1.165, 1.54) is 6.42 Å². The Hall–Kier alpha value is -2.42. The van der Waals surface area contributed by atoms with Gasteiger partial charge in [-0.2, -0.15) is 0 Å². The molecule has 2 saturated heterocycles. The van der Waals surface area contributed by atoms with Crippen molar-refractivity contribution in [2.24, 2.45) is 11.8 Å². The van der Waals surface area contributed by atoms with E-state index in [1.807, 2.05) is 19.1 Å². The number of nitrogens with zero attached hydrogens (tertiary/aromatic N) is 1. The number of carbonyl (C=O) groups is 3. The van der Waals surface area contributed by atoms with Gasteiger partial charge < -0.3 is 25.0 Å². The summed E-state index contributed by atoms with van der Waals surface area (Å²) in [4.78, 5) is 42.6. The lowest BCUT2D eigenvalue weighted by atomic mass is 9.74. The summed E-state index contributed by atoms with van der Waals surface area (Å²) < 4.78 is 11.9. The van der Waals surface area contributed by atoms with Gasteiger partial charge in [0.1, 0.15) is 11.6 Å². The lowest BCUT2D eigenvalue weighted by molar-refractivity contribution is -0.141. The highest BCUT2D eigenvalue weighted by Crippen LogP contribution is 2.55. The molecule has 4 aliphatic rings. The Labute approximate surface area is 216 Å². The fraction of sp³-hybridized carbons (Fsp3) is 0.593. The zero-order valence-corrected chi connectivity index (χ0v) is 21.3. The number of halogens is 1. The van der Waals surface area contributed by atoms with Crippen molar-refractivity contribution in [2.75, 3.05) is 25.1 Å². The normalized spacial score (nSPS) is 31.1. The Balaban J connectivity index is 1.40. The van der Waals surface area contributed by atoms with Gasteiger partial charge in [-0.05, 0) is 44.4 Å². The Kier molecular flexibility index (Phi) is 7.37. The molecule has 9 heteroatoms. The molecule has 1 spiro atoms. The Bertz CT molecular complexity index is 1040. The standard InChI is InChI=1S/C27H34ClN3O5/c1-2-35-15-7-14-31-23(25(33)29-18-9-4-3-5-10-18)27-13-12-20(36-27)21(22(27)26(31)34)24(32)30-19-11-6-8-17(28)16-19/h6,8,11-13,16,18,20-23H,2-5,7,9-10,14-15H2,1H3,(H,29,33)(H,30,32). The van der Waals surface area contributed by atoms with Crippen molar-refractivity contribution in [1.82, 2.24) is 10.2 Å². The second-order valence-corrected chi connectivity index (χ2v) is 10.6. The summed E-state index contributed by atoms with van der Waals surface area (Å²) >= 11 is 6.08. The van der Waals surface area contributed by atoms with Gasteiger partial charge in [-0.25, -0.2) is 0 Å². The molecule has 8 nitrogen and oxygen atoms in total. The second-order valence-electron chi connectivity index (χ2n) is 10.1. The van der Waals surface area contributed by atoms with Crippen LogP contribution in [0, 0.1) is 11.8 Å². The zero-order valence-electron chi connectivity index (χ0n) is 20.6. The van der Waals surface area contributed by atoms with Gasteiger partial charge in [-0.15, -0.1) is 0 Å². The number of likely N-dealkylation sites (tertiary alicyclic amines) is 1. The van der Waals surface area contributed by atoms with Crippen LogP contribution in [0.5, 0.6) is 0 Å². The minimum Gasteiger partial charge on any atom is -0.382 e. The minimum absolute atomic E-state index is 0.103. The number of hydrogen-bond donors (Lipinski definition) is 2. The SMILES string of the molecule is CCOCCCN1C(=O)C2C(C(=O)Nc3cccc(Cl)c3)C3C=CC2(O3)C1C(=O)NC1CCCCC1. The molecule has 5 unspecified atom stereocenters. The number of carbonyl (C=O) groups excluding carboxylic acids is 3. The number of ether oxygens (including phenoxy) is 2. The van der Waals surface area contributed by atoms with Gasteiger partial charge in [0.15, 0.2) is 0 Å². The zero-order chi connectivity index (χ0) is 25.3. The lowest BCUT2D eigenvalue weighted by Gasteiger charge is -2.34. The van der Waals surface area contributed by atoms with Crippen molar-refractivity contribution < 1.29 is 23.9 Å². The molecule has 1 aliphatic carbocycles. The van der Waals surface area contributed by atoms with Gasteiger partial charge in [-0.3, -0.25) is 14.4 Å². The third-order valence-corrected chi connectivity index (χ3v) is 8.10. The summed E-state index contributed by atoms with van der Waals surface area (Å²) in [5.74, 6) is -2.22. The number of hydrogen-bond acceptors (Lipinski definition) is 5. The van der Waals surface area contributed by atoms with Gasteiger partial charge in [0.05, 0.1) is 17.9 Å². The second kappa shape index (κ2) is 10.5. The number of rotatable bonds is 9. The van der Waals surface area contributed by atoms with Gasteiger partial charge in [-0.1, -0.05) is 49.1 Å². The van der Waals surface area contributed by atoms with E-state index >= 15 is 0 Å². The first-order valence-electron chi connectivity index (χ1n) is 13.1. The van der Waals surface area contributed by atoms with E-state index in [-0.39, 0.29) is 23.8 Å². The highest BCUT2D eigenvalue weighted by molar-refractivity contribution is 6.30. The molecule has 2 N–H and O–H groups in total. The molecule has 1 aromatic carbocycles. The third kappa shape index (κ3) is 4.55. The number of fused-ring (bicyclic) bond motifs is 1. The van der Waals surface area contributed by atoms with E-state index in [9.17, 15) is 14.4 Å². The summed E-state index contributed by atoms with van der Waals surface area (Å²) in [5.41, 5.74) is -0.596. The molecule has 3 amide bonds. The molecule has 3 fully saturated rings. The maximum Gasteiger partial charge on any atom is 0.246 e. The highest BCUT2D eigenvalue weighted by Gasteiger charge is 2.72. The van der Waals surface area contributed by atoms with Crippen LogP contribution in [-0.2, 0) is 23.9 Å². The molecule has 5 rings (SSSR count). The smallest absolute Gasteiger partial charge is 0.246 e. The van der Waals surface area contributed by atoms with Crippen molar-refractivity contribution >= 4 is 35.0 Å². The number of anilines is 1. The van der Waals surface area contributed by atoms with Crippen LogP contribution in [0.2, 0.25) is 5.02 Å². The first-order chi connectivity index (χ1) is 17.4. The van der Waals surface area contributed by atoms with E-state index in [1.54, 1.807) is 29.2 Å². The average molecular weight is 516 g/mol. The van der Waals surface area contributed by atoms with Crippen LogP contribution in [0.1, 0.15) is 45.4 Å². The van der Waals surface area contributed by atoms with Crippen molar-refractivity contribution in [3.63, 3.8) is 0 Å². The fourth-order valence-electron chi connectivity index (χ4n) is 6.31. The molecular formula is C27H34ClN3O5. The first kappa shape index (κ1) is 25.2. The molecular weight excluding hydrogens is 482 g/mol. The van der Waals surface area contributed by atoms with Gasteiger partial charge in [0.2, 0.25) is 17.7 Å². The number of amides is 3. The first-order valence-corrected chi connectivity index (χ1v) is 13.4. The molecule has 0 aromatic heterocycles. The number of benzene rings is 1. The van der Waals surface area contributed by atoms with E-state index in [0.717, 1.165) is 25.7 Å². The van der Waals surface area contributed by atoms with E-state index in [4.69, 9.17) is 21.1 Å². The molecule has 5 atom stereocenters. The maximum atomic E-state index is 13.9. The molecule has 1 aromatic rings. The summed E-state index contributed by atoms with van der Waals surface area (Å²) in [6.07, 6.45) is 8.95. The van der Waals surface area contributed by atoms with Crippen molar-refractivity contribution in [1.29, 1.82) is 0 Å². The van der Waals surface area contributed by atoms with Crippen LogP contribution in [0.4, 0.5) is 5.69 Å². The van der Waals surface area contributed by atoms with Crippen LogP contribution in [0.15, 0.2) is 36.4 Å². The lowest BCUT2D eigenvalue weighted by Crippen LogP contribution is -2.56. The predicted molar refractivity (Wildman–Crippen MR) is 135 cm³/mol. The van der Waals surface area contributed by atoms with Gasteiger partial charge in [0.25, 0.3) is 0 Å². The minimum atomic E-state index is -1.15. The summed E-state index contributed by atoms with van der Waals surface area (Å²) in [6.45, 7) is 3.37. The average Bonchev–Trinajstić information content (AvgIpc) is 3.50. The summed E-state index contributed by atoms with van der Waals surface area (Å²) in [5, 5.41) is 6.60. The Morgan fingerprint density at radius 1 is 1.22 bits per heavy atom. The Morgan fingerprint density at radius 3 is 2.78 bits per heavy atom. The van der Waals surface area contributed by atoms with Crippen LogP contribution in [0.25, 0.3) is 0 Å². The monoisotopic (exact) mass is 515 g/mol. The molecule has 3 aliphatic heterocycles. The Morgan fingerprint density at radius 2 is 2.03 bits per heavy atom. The van der Waals surface area contributed by atoms with E-state index < -0.39 is 29.6 Å². The van der Waals surface area contributed by atoms with Gasteiger partial charge in [0, 0.05) is 36.5 Å². The molecule has 0 radical (unpaired) electrons. The van der Waals surface area contributed by atoms with Crippen LogP contribution in [0.3, 0.4) is 0 Å². The molecule has 194 valence electrons. The van der Waals surface area contributed by atoms with Crippen LogP contribution in [-0.4, -0.2) is 66.2 Å². The van der Waals surface area contributed by atoms with Crippen molar-refractivity contribution in [3.8, 4) is 0 Å². The topological polar surface area (TPSA) is 97.0 Å². The molecule has 36 heavy (non-hydrogen) atoms. The summed E-state index contributed by atoms with van der Waals surface area (Å²) in [6, 6.07) is 6.18. The van der Waals surface area contributed by atoms with E-state index in [2.05, 4.69) is 10.6 Å². The van der Waals surface area contributed by atoms with Crippen molar-refractivity contribution in [2.45, 2.75) is 69.2 Å². The molecule has 2 bridgehead atoms. The van der Waals surface area contributed by atoms with Gasteiger partial charge >= 0.3 is 0 Å². The predicted octanol–water partition coefficient (Wildman–Crippen LogP) is 3.30. The van der Waals surface area contributed by atoms with Crippen LogP contribution < -0.4 is 10.6 Å². The van der Waals surface area contributed by atoms with E-state index in [0.29, 0.717) is 36.9 Å². The molecule has 1 saturated carbocycles. The van der Waals surface area contributed by atoms with Crippen molar-refractivity contribution in [3.05, 3.63) is 41.4 Å². The van der Waals surface area contributed by atoms with Crippen LogP contribution >= 0.6 is 11.6 Å². The molecule has 3 heterocycles. The largest absolute Gasteiger partial charge is 0.382 e. The number of nitrogens with one attached hydrogen (secondary N) is 2. The quantitative estimate of drug-likeness (QED) is 0.388. The highest BCUT2D eigenvalue weighted by atomic mass is 35.5. The maximum absolute atomic E-state index is 13.9.